The van der Waals surface area contributed by atoms with Crippen LogP contribution >= 0.6 is 0 Å². The van der Waals surface area contributed by atoms with Crippen molar-refractivity contribution in [3.05, 3.63) is 140 Å². The molecule has 5 aromatic heterocycles. The van der Waals surface area contributed by atoms with E-state index in [9.17, 15) is 0 Å². The molecule has 0 saturated carbocycles. The van der Waals surface area contributed by atoms with E-state index in [1.807, 2.05) is 54.9 Å². The zero-order chi connectivity index (χ0) is 27.2. The molecule has 41 heavy (non-hydrogen) atoms. The molecule has 0 atom stereocenters. The average molecular weight is 526 g/mol. The molecule has 0 unspecified atom stereocenters. The molecule has 0 aliphatic rings. The quantitative estimate of drug-likeness (QED) is 0.231. The fraction of sp³-hybridized carbons (Fsp3) is 0. The van der Waals surface area contributed by atoms with Crippen LogP contribution in [0, 0.1) is 0 Å². The molecular formula is C36H23N5. The Hall–Kier alpha value is -5.68. The first-order valence-electron chi connectivity index (χ1n) is 13.6. The van der Waals surface area contributed by atoms with E-state index in [2.05, 4.69) is 93.4 Å². The van der Waals surface area contributed by atoms with Gasteiger partial charge < -0.3 is 0 Å². The lowest BCUT2D eigenvalue weighted by atomic mass is 9.99. The molecule has 5 heteroatoms. The van der Waals surface area contributed by atoms with Crippen molar-refractivity contribution in [1.29, 1.82) is 0 Å². The zero-order valence-electron chi connectivity index (χ0n) is 22.0. The van der Waals surface area contributed by atoms with Crippen LogP contribution in [0.3, 0.4) is 0 Å². The second-order valence-corrected chi connectivity index (χ2v) is 10.0. The third-order valence-corrected chi connectivity index (χ3v) is 7.54. The van der Waals surface area contributed by atoms with Gasteiger partial charge in [0.1, 0.15) is 5.82 Å². The van der Waals surface area contributed by atoms with Gasteiger partial charge in [0.05, 0.1) is 33.8 Å². The third-order valence-electron chi connectivity index (χ3n) is 7.54. The zero-order valence-corrected chi connectivity index (χ0v) is 22.0. The lowest BCUT2D eigenvalue weighted by Crippen LogP contribution is -2.00. The van der Waals surface area contributed by atoms with Gasteiger partial charge in [-0.05, 0) is 76.5 Å². The molecule has 3 aromatic carbocycles. The molecule has 0 aliphatic heterocycles. The Morgan fingerprint density at radius 2 is 1.24 bits per heavy atom. The Bertz CT molecular complexity index is 2160. The third kappa shape index (κ3) is 4.03. The lowest BCUT2D eigenvalue weighted by molar-refractivity contribution is 1.07. The highest BCUT2D eigenvalue weighted by Gasteiger charge is 2.15. The average Bonchev–Trinajstić information content (AvgIpc) is 3.39. The van der Waals surface area contributed by atoms with Crippen molar-refractivity contribution in [2.45, 2.75) is 0 Å². The minimum absolute atomic E-state index is 0.792. The Morgan fingerprint density at radius 1 is 0.463 bits per heavy atom. The summed E-state index contributed by atoms with van der Waals surface area (Å²) in [6.07, 6.45) is 5.55. The minimum atomic E-state index is 0.792. The number of aromatic nitrogens is 5. The number of rotatable bonds is 4. The number of para-hydroxylation sites is 1. The summed E-state index contributed by atoms with van der Waals surface area (Å²) in [4.78, 5) is 19.2. The summed E-state index contributed by atoms with van der Waals surface area (Å²) in [5.41, 5.74) is 7.56. The SMILES string of the molecule is c1ccc(-c2cc(-c3ccc4ccccc4c3)cc(-c3cccc(-n4c5ccccc5c5cnccc54)n3)n2)nc1. The highest BCUT2D eigenvalue weighted by atomic mass is 15.1. The standard InChI is InChI=1S/C36H23N5/c1-2-9-25-20-26(16-15-24(25)8-1)27-21-32(30-11-5-6-18-38-30)39-33(22-27)31-12-7-14-36(40-31)41-34-13-4-3-10-28(34)29-23-37-19-17-35(29)41/h1-23H. The molecule has 0 saturated heterocycles. The first kappa shape index (κ1) is 23.2. The molecule has 0 radical (unpaired) electrons. The summed E-state index contributed by atoms with van der Waals surface area (Å²) in [6, 6.07) is 41.7. The molecule has 0 aliphatic carbocycles. The van der Waals surface area contributed by atoms with Crippen molar-refractivity contribution in [1.82, 2.24) is 24.5 Å². The van der Waals surface area contributed by atoms with Crippen LogP contribution in [0.4, 0.5) is 0 Å². The van der Waals surface area contributed by atoms with Crippen LogP contribution in [-0.2, 0) is 0 Å². The van der Waals surface area contributed by atoms with Gasteiger partial charge in [-0.25, -0.2) is 9.97 Å². The van der Waals surface area contributed by atoms with E-state index in [-0.39, 0.29) is 0 Å². The number of hydrogen-bond acceptors (Lipinski definition) is 4. The molecule has 0 fully saturated rings. The molecule has 8 aromatic rings. The van der Waals surface area contributed by atoms with Gasteiger partial charge in [-0.2, -0.15) is 0 Å². The van der Waals surface area contributed by atoms with Crippen molar-refractivity contribution in [3.8, 4) is 39.7 Å². The summed E-state index contributed by atoms with van der Waals surface area (Å²) >= 11 is 0. The molecule has 0 N–H and O–H groups in total. The second kappa shape index (κ2) is 9.50. The normalized spacial score (nSPS) is 11.4. The van der Waals surface area contributed by atoms with Gasteiger partial charge in [-0.3, -0.25) is 14.5 Å². The Morgan fingerprint density at radius 3 is 2.15 bits per heavy atom. The maximum absolute atomic E-state index is 5.16. The van der Waals surface area contributed by atoms with Crippen LogP contribution in [0.2, 0.25) is 0 Å². The fourth-order valence-corrected chi connectivity index (χ4v) is 5.60. The summed E-state index contributed by atoms with van der Waals surface area (Å²) in [6.45, 7) is 0. The first-order chi connectivity index (χ1) is 20.3. The van der Waals surface area contributed by atoms with E-state index >= 15 is 0 Å². The van der Waals surface area contributed by atoms with Crippen LogP contribution in [0.5, 0.6) is 0 Å². The van der Waals surface area contributed by atoms with E-state index in [0.717, 1.165) is 61.5 Å². The number of benzene rings is 3. The maximum atomic E-state index is 5.16. The van der Waals surface area contributed by atoms with Crippen LogP contribution < -0.4 is 0 Å². The number of pyridine rings is 4. The first-order valence-corrected chi connectivity index (χ1v) is 13.6. The summed E-state index contributed by atoms with van der Waals surface area (Å²) in [7, 11) is 0. The Labute approximate surface area is 236 Å². The molecule has 5 nitrogen and oxygen atoms in total. The van der Waals surface area contributed by atoms with Gasteiger partial charge in [0.15, 0.2) is 0 Å². The lowest BCUT2D eigenvalue weighted by Gasteiger charge is -2.12. The summed E-state index contributed by atoms with van der Waals surface area (Å²) in [5, 5.41) is 4.66. The summed E-state index contributed by atoms with van der Waals surface area (Å²) in [5.74, 6) is 0.831. The van der Waals surface area contributed by atoms with Gasteiger partial charge in [0, 0.05) is 29.4 Å². The van der Waals surface area contributed by atoms with Crippen LogP contribution in [-0.4, -0.2) is 24.5 Å². The van der Waals surface area contributed by atoms with E-state index in [1.54, 1.807) is 6.20 Å². The molecule has 8 rings (SSSR count). The maximum Gasteiger partial charge on any atom is 0.138 e. The fourth-order valence-electron chi connectivity index (χ4n) is 5.60. The molecular weight excluding hydrogens is 502 g/mol. The van der Waals surface area contributed by atoms with E-state index in [0.29, 0.717) is 0 Å². The van der Waals surface area contributed by atoms with Gasteiger partial charge in [0.2, 0.25) is 0 Å². The number of fused-ring (bicyclic) bond motifs is 4. The minimum Gasteiger partial charge on any atom is -0.294 e. The number of nitrogens with zero attached hydrogens (tertiary/aromatic N) is 5. The van der Waals surface area contributed by atoms with Crippen molar-refractivity contribution in [3.63, 3.8) is 0 Å². The van der Waals surface area contributed by atoms with Crippen molar-refractivity contribution in [2.75, 3.05) is 0 Å². The molecule has 192 valence electrons. The van der Waals surface area contributed by atoms with Gasteiger partial charge in [-0.1, -0.05) is 66.7 Å². The number of hydrogen-bond donors (Lipinski definition) is 0. The highest BCUT2D eigenvalue weighted by Crippen LogP contribution is 2.33. The van der Waals surface area contributed by atoms with Gasteiger partial charge >= 0.3 is 0 Å². The van der Waals surface area contributed by atoms with E-state index in [4.69, 9.17) is 9.97 Å². The predicted molar refractivity (Wildman–Crippen MR) is 166 cm³/mol. The highest BCUT2D eigenvalue weighted by molar-refractivity contribution is 6.08. The van der Waals surface area contributed by atoms with Crippen LogP contribution in [0.15, 0.2) is 140 Å². The second-order valence-electron chi connectivity index (χ2n) is 10.0. The Balaban J connectivity index is 1.33. The smallest absolute Gasteiger partial charge is 0.138 e. The Kier molecular flexibility index (Phi) is 5.38. The molecule has 5 heterocycles. The largest absolute Gasteiger partial charge is 0.294 e. The van der Waals surface area contributed by atoms with Crippen molar-refractivity contribution in [2.24, 2.45) is 0 Å². The molecule has 0 bridgehead atoms. The van der Waals surface area contributed by atoms with E-state index < -0.39 is 0 Å². The van der Waals surface area contributed by atoms with Gasteiger partial charge in [-0.15, -0.1) is 0 Å². The van der Waals surface area contributed by atoms with Gasteiger partial charge in [0.25, 0.3) is 0 Å². The monoisotopic (exact) mass is 525 g/mol. The molecule has 0 spiro atoms. The van der Waals surface area contributed by atoms with E-state index in [1.165, 1.54) is 10.8 Å². The molecule has 0 amide bonds. The predicted octanol–water partition coefficient (Wildman–Crippen LogP) is 8.52. The van der Waals surface area contributed by atoms with Crippen molar-refractivity contribution >= 4 is 32.6 Å². The van der Waals surface area contributed by atoms with Crippen molar-refractivity contribution < 1.29 is 0 Å². The summed E-state index contributed by atoms with van der Waals surface area (Å²) < 4.78 is 2.20. The van der Waals surface area contributed by atoms with Crippen LogP contribution in [0.25, 0.3) is 72.3 Å². The topological polar surface area (TPSA) is 56.5 Å². The van der Waals surface area contributed by atoms with Crippen LogP contribution in [0.1, 0.15) is 0 Å².